The lowest BCUT2D eigenvalue weighted by atomic mass is 9.89. The van der Waals surface area contributed by atoms with Crippen LogP contribution in [0.5, 0.6) is 5.75 Å². The van der Waals surface area contributed by atoms with Gasteiger partial charge in [-0.3, -0.25) is 0 Å². The minimum Gasteiger partial charge on any atom is -0.482 e. The lowest BCUT2D eigenvalue weighted by molar-refractivity contribution is -0.152. The van der Waals surface area contributed by atoms with Gasteiger partial charge in [0.15, 0.2) is 6.61 Å². The first-order chi connectivity index (χ1) is 16.8. The number of carboxylic acids is 1. The summed E-state index contributed by atoms with van der Waals surface area (Å²) in [5, 5.41) is 11.1. The van der Waals surface area contributed by atoms with Gasteiger partial charge in [-0.05, 0) is 66.3 Å². The number of halogens is 1. The van der Waals surface area contributed by atoms with E-state index in [0.717, 1.165) is 27.8 Å². The van der Waals surface area contributed by atoms with Crippen molar-refractivity contribution in [2.75, 3.05) is 13.2 Å². The van der Waals surface area contributed by atoms with Gasteiger partial charge in [0.25, 0.3) is 0 Å². The average molecular weight is 496 g/mol. The number of aliphatic carboxylic acids is 1. The minimum atomic E-state index is -1.10. The van der Waals surface area contributed by atoms with Crippen LogP contribution in [0.25, 0.3) is 0 Å². The molecule has 7 nitrogen and oxygen atoms in total. The van der Waals surface area contributed by atoms with E-state index >= 15 is 0 Å². The number of benzene rings is 3. The number of carbonyl (C=O) groups excluding carboxylic acids is 1. The fourth-order valence-electron chi connectivity index (χ4n) is 4.20. The quantitative estimate of drug-likeness (QED) is 0.425. The van der Waals surface area contributed by atoms with E-state index in [1.165, 1.54) is 5.06 Å². The van der Waals surface area contributed by atoms with Gasteiger partial charge in [-0.25, -0.2) is 9.59 Å². The summed E-state index contributed by atoms with van der Waals surface area (Å²) in [7, 11) is 0. The highest BCUT2D eigenvalue weighted by Crippen LogP contribution is 2.40. The molecule has 0 aliphatic carbocycles. The zero-order chi connectivity index (χ0) is 24.9. The lowest BCUT2D eigenvalue weighted by Gasteiger charge is -2.36. The number of rotatable bonds is 7. The predicted octanol–water partition coefficient (Wildman–Crippen LogP) is 5.64. The maximum absolute atomic E-state index is 12.7. The van der Waals surface area contributed by atoms with E-state index in [0.29, 0.717) is 29.3 Å². The molecule has 0 saturated carbocycles. The number of carbonyl (C=O) groups is 2. The lowest BCUT2D eigenvalue weighted by Crippen LogP contribution is -2.38. The maximum atomic E-state index is 12.7. The van der Waals surface area contributed by atoms with E-state index in [-0.39, 0.29) is 6.61 Å². The molecule has 3 aromatic carbocycles. The summed E-state index contributed by atoms with van der Waals surface area (Å²) in [4.78, 5) is 29.5. The van der Waals surface area contributed by atoms with Crippen molar-refractivity contribution in [3.8, 4) is 5.75 Å². The average Bonchev–Trinajstić information content (AvgIpc) is 2.84. The molecule has 0 amide bonds. The molecule has 1 N–H and O–H groups in total. The van der Waals surface area contributed by atoms with Gasteiger partial charge in [-0.2, -0.15) is 0 Å². The monoisotopic (exact) mass is 495 g/mol. The molecule has 182 valence electrons. The number of carboxylic acid groups (broad SMARTS) is 1. The normalized spacial score (nSPS) is 15.2. The molecule has 1 atom stereocenters. The van der Waals surface area contributed by atoms with Crippen LogP contribution in [0.3, 0.4) is 0 Å². The Morgan fingerprint density at radius 1 is 1.06 bits per heavy atom. The summed E-state index contributed by atoms with van der Waals surface area (Å²) >= 11 is 6.30. The molecule has 0 radical (unpaired) electrons. The molecular formula is C27H26ClNO6. The van der Waals surface area contributed by atoms with Gasteiger partial charge in [0.05, 0.1) is 6.04 Å². The van der Waals surface area contributed by atoms with E-state index in [1.807, 2.05) is 56.3 Å². The molecule has 8 heteroatoms. The summed E-state index contributed by atoms with van der Waals surface area (Å²) in [6.45, 7) is 3.97. The van der Waals surface area contributed by atoms with Crippen molar-refractivity contribution in [3.05, 3.63) is 99.1 Å². The van der Waals surface area contributed by atoms with Crippen LogP contribution in [0.4, 0.5) is 4.79 Å². The first kappa shape index (κ1) is 24.6. The van der Waals surface area contributed by atoms with Gasteiger partial charge >= 0.3 is 12.1 Å². The van der Waals surface area contributed by atoms with Crippen molar-refractivity contribution in [2.24, 2.45) is 0 Å². The van der Waals surface area contributed by atoms with Crippen LogP contribution < -0.4 is 4.74 Å². The van der Waals surface area contributed by atoms with E-state index < -0.39 is 24.8 Å². The molecule has 0 aromatic heterocycles. The highest BCUT2D eigenvalue weighted by atomic mass is 35.5. The highest BCUT2D eigenvalue weighted by Gasteiger charge is 2.34. The third-order valence-corrected chi connectivity index (χ3v) is 6.35. The third kappa shape index (κ3) is 5.75. The van der Waals surface area contributed by atoms with Crippen molar-refractivity contribution < 1.29 is 29.0 Å². The third-order valence-electron chi connectivity index (χ3n) is 6.11. The zero-order valence-electron chi connectivity index (χ0n) is 19.5. The molecule has 1 unspecified atom stereocenters. The van der Waals surface area contributed by atoms with Crippen LogP contribution in [0.15, 0.2) is 60.7 Å². The Bertz CT molecular complexity index is 1240. The molecule has 1 aliphatic rings. The fraction of sp³-hybridized carbons (Fsp3) is 0.259. The smallest absolute Gasteiger partial charge is 0.482 e. The van der Waals surface area contributed by atoms with Crippen molar-refractivity contribution >= 4 is 23.7 Å². The van der Waals surface area contributed by atoms with Crippen LogP contribution in [0, 0.1) is 13.8 Å². The summed E-state index contributed by atoms with van der Waals surface area (Å²) in [5.74, 6) is -0.756. The van der Waals surface area contributed by atoms with Gasteiger partial charge in [0.1, 0.15) is 12.4 Å². The number of hydrogen-bond acceptors (Lipinski definition) is 6. The molecule has 35 heavy (non-hydrogen) atoms. The Labute approximate surface area is 208 Å². The van der Waals surface area contributed by atoms with E-state index in [9.17, 15) is 9.59 Å². The topological polar surface area (TPSA) is 85.3 Å². The van der Waals surface area contributed by atoms with Gasteiger partial charge in [-0.15, -0.1) is 5.06 Å². The SMILES string of the molecule is Cc1cccc(COC(=O)ON2CCc3ccccc3C2c2cc(Cl)ccc2OCC(=O)O)c1C. The number of aryl methyl sites for hydroxylation is 1. The van der Waals surface area contributed by atoms with Gasteiger partial charge in [0, 0.05) is 17.1 Å². The minimum absolute atomic E-state index is 0.0889. The van der Waals surface area contributed by atoms with E-state index in [1.54, 1.807) is 18.2 Å². The molecule has 0 bridgehead atoms. The molecule has 1 heterocycles. The molecule has 1 aliphatic heterocycles. The van der Waals surface area contributed by atoms with Crippen LogP contribution in [-0.4, -0.2) is 35.4 Å². The largest absolute Gasteiger partial charge is 0.528 e. The van der Waals surface area contributed by atoms with Crippen molar-refractivity contribution in [3.63, 3.8) is 0 Å². The molecule has 0 fully saturated rings. The van der Waals surface area contributed by atoms with Crippen molar-refractivity contribution in [2.45, 2.75) is 32.9 Å². The van der Waals surface area contributed by atoms with Gasteiger partial charge in [-0.1, -0.05) is 54.1 Å². The van der Waals surface area contributed by atoms with Gasteiger partial charge < -0.3 is 19.4 Å². The fourth-order valence-corrected chi connectivity index (χ4v) is 4.38. The molecule has 4 rings (SSSR count). The second-order valence-corrected chi connectivity index (χ2v) is 8.78. The van der Waals surface area contributed by atoms with Crippen LogP contribution in [0.2, 0.25) is 5.02 Å². The van der Waals surface area contributed by atoms with Crippen molar-refractivity contribution in [1.29, 1.82) is 0 Å². The first-order valence-corrected chi connectivity index (χ1v) is 11.6. The summed E-state index contributed by atoms with van der Waals surface area (Å²) in [6.07, 6.45) is -0.173. The molecule has 3 aromatic rings. The number of hydrogen-bond donors (Lipinski definition) is 1. The predicted molar refractivity (Wildman–Crippen MR) is 130 cm³/mol. The molecule has 0 spiro atoms. The van der Waals surface area contributed by atoms with Crippen LogP contribution in [-0.2, 0) is 27.4 Å². The Morgan fingerprint density at radius 3 is 2.66 bits per heavy atom. The highest BCUT2D eigenvalue weighted by molar-refractivity contribution is 6.30. The van der Waals surface area contributed by atoms with E-state index in [4.69, 9.17) is 31.0 Å². The number of hydroxylamine groups is 2. The Balaban J connectivity index is 1.61. The van der Waals surface area contributed by atoms with Crippen LogP contribution in [0.1, 0.15) is 39.4 Å². The number of fused-ring (bicyclic) bond motifs is 1. The first-order valence-electron chi connectivity index (χ1n) is 11.2. The standard InChI is InChI=1S/C27H26ClNO6/c1-17-6-5-8-20(18(17)2)15-34-27(32)35-29-13-12-19-7-3-4-9-22(19)26(29)23-14-21(28)10-11-24(23)33-16-25(30)31/h3-11,14,26H,12-13,15-16H2,1-2H3,(H,30,31). The second kappa shape index (κ2) is 10.8. The molecular weight excluding hydrogens is 470 g/mol. The Kier molecular flexibility index (Phi) is 7.58. The van der Waals surface area contributed by atoms with Crippen molar-refractivity contribution in [1.82, 2.24) is 5.06 Å². The number of nitrogens with zero attached hydrogens (tertiary/aromatic N) is 1. The Hall–Kier alpha value is -3.55. The van der Waals surface area contributed by atoms with Crippen LogP contribution >= 0.6 is 11.6 Å². The maximum Gasteiger partial charge on any atom is 0.528 e. The number of ether oxygens (including phenoxy) is 2. The van der Waals surface area contributed by atoms with E-state index in [2.05, 4.69) is 0 Å². The molecule has 0 saturated heterocycles. The Morgan fingerprint density at radius 2 is 1.86 bits per heavy atom. The second-order valence-electron chi connectivity index (χ2n) is 8.35. The summed E-state index contributed by atoms with van der Waals surface area (Å²) < 4.78 is 11.0. The zero-order valence-corrected chi connectivity index (χ0v) is 20.2. The summed E-state index contributed by atoms with van der Waals surface area (Å²) in [6, 6.07) is 18.0. The van der Waals surface area contributed by atoms with Gasteiger partial charge in [0.2, 0.25) is 0 Å². The summed E-state index contributed by atoms with van der Waals surface area (Å²) in [5.41, 5.74) is 5.66.